The fraction of sp³-hybridized carbons (Fsp3) is 0.533. The summed E-state index contributed by atoms with van der Waals surface area (Å²) < 4.78 is 31.9. The lowest BCUT2D eigenvalue weighted by Crippen LogP contribution is -2.36. The summed E-state index contributed by atoms with van der Waals surface area (Å²) in [6, 6.07) is 6.54. The van der Waals surface area contributed by atoms with Gasteiger partial charge in [-0.05, 0) is 31.0 Å². The van der Waals surface area contributed by atoms with Crippen molar-refractivity contribution >= 4 is 27.6 Å². The maximum Gasteiger partial charge on any atom is 0.306 e. The fourth-order valence-corrected chi connectivity index (χ4v) is 2.56. The normalized spacial score (nSPS) is 12.7. The third-order valence-corrected chi connectivity index (χ3v) is 3.65. The first-order chi connectivity index (χ1) is 10.7. The zero-order valence-corrected chi connectivity index (χ0v) is 15.1. The van der Waals surface area contributed by atoms with Gasteiger partial charge in [0.25, 0.3) is 0 Å². The Morgan fingerprint density at radius 3 is 2.39 bits per heavy atom. The van der Waals surface area contributed by atoms with Gasteiger partial charge in [0.2, 0.25) is 5.91 Å². The van der Waals surface area contributed by atoms with Crippen LogP contribution in [0.1, 0.15) is 18.9 Å². The van der Waals surface area contributed by atoms with E-state index in [1.54, 1.807) is 43.2 Å². The van der Waals surface area contributed by atoms with Crippen LogP contribution in [-0.4, -0.2) is 51.1 Å². The van der Waals surface area contributed by atoms with Crippen LogP contribution in [-0.2, 0) is 26.2 Å². The third-order valence-electron chi connectivity index (χ3n) is 2.97. The van der Waals surface area contributed by atoms with E-state index < -0.39 is 15.5 Å². The van der Waals surface area contributed by atoms with E-state index in [0.717, 1.165) is 11.8 Å². The standard InChI is InChI=1S/C15H22ClNO5S/c1-12(16)15(18)17(9-4-10-21-2)11-13-5-7-14(8-6-13)22-23(3,19)20/h5-8,12H,4,9-11H2,1-3H3. The van der Waals surface area contributed by atoms with Gasteiger partial charge in [-0.15, -0.1) is 11.6 Å². The first-order valence-corrected chi connectivity index (χ1v) is 9.38. The van der Waals surface area contributed by atoms with Gasteiger partial charge < -0.3 is 13.8 Å². The molecule has 1 rings (SSSR count). The predicted molar refractivity (Wildman–Crippen MR) is 89.1 cm³/mol. The molecule has 23 heavy (non-hydrogen) atoms. The second-order valence-corrected chi connectivity index (χ2v) is 7.38. The summed E-state index contributed by atoms with van der Waals surface area (Å²) in [4.78, 5) is 13.8. The highest BCUT2D eigenvalue weighted by molar-refractivity contribution is 7.86. The van der Waals surface area contributed by atoms with E-state index in [9.17, 15) is 13.2 Å². The lowest BCUT2D eigenvalue weighted by atomic mass is 10.2. The largest absolute Gasteiger partial charge is 0.385 e. The van der Waals surface area contributed by atoms with Crippen molar-refractivity contribution in [1.82, 2.24) is 4.90 Å². The summed E-state index contributed by atoms with van der Waals surface area (Å²) >= 11 is 5.89. The van der Waals surface area contributed by atoms with Crippen LogP contribution in [0.25, 0.3) is 0 Å². The topological polar surface area (TPSA) is 72.9 Å². The van der Waals surface area contributed by atoms with E-state index in [2.05, 4.69) is 0 Å². The molecular formula is C15H22ClNO5S. The molecule has 1 atom stereocenters. The van der Waals surface area contributed by atoms with Crippen molar-refractivity contribution in [3.63, 3.8) is 0 Å². The van der Waals surface area contributed by atoms with Gasteiger partial charge in [0.1, 0.15) is 11.1 Å². The van der Waals surface area contributed by atoms with Crippen LogP contribution < -0.4 is 4.18 Å². The van der Waals surface area contributed by atoms with E-state index in [0.29, 0.717) is 26.1 Å². The van der Waals surface area contributed by atoms with Crippen molar-refractivity contribution in [3.05, 3.63) is 29.8 Å². The van der Waals surface area contributed by atoms with Gasteiger partial charge >= 0.3 is 10.1 Å². The Balaban J connectivity index is 2.76. The third kappa shape index (κ3) is 7.67. The van der Waals surface area contributed by atoms with Crippen molar-refractivity contribution in [3.8, 4) is 5.75 Å². The van der Waals surface area contributed by atoms with Gasteiger partial charge in [-0.25, -0.2) is 0 Å². The maximum absolute atomic E-state index is 12.1. The quantitative estimate of drug-likeness (QED) is 0.381. The lowest BCUT2D eigenvalue weighted by Gasteiger charge is -2.24. The number of carbonyl (C=O) groups excluding carboxylic acids is 1. The number of hydrogen-bond donors (Lipinski definition) is 0. The van der Waals surface area contributed by atoms with Crippen LogP contribution in [0.3, 0.4) is 0 Å². The second kappa shape index (κ2) is 9.10. The maximum atomic E-state index is 12.1. The van der Waals surface area contributed by atoms with E-state index in [-0.39, 0.29) is 11.7 Å². The number of hydrogen-bond acceptors (Lipinski definition) is 5. The Morgan fingerprint density at radius 1 is 1.30 bits per heavy atom. The van der Waals surface area contributed by atoms with Gasteiger partial charge in [0.15, 0.2) is 0 Å². The van der Waals surface area contributed by atoms with Crippen molar-refractivity contribution in [1.29, 1.82) is 0 Å². The first kappa shape index (κ1) is 19.7. The number of halogens is 1. The minimum Gasteiger partial charge on any atom is -0.385 e. The molecule has 0 aliphatic heterocycles. The molecule has 8 heteroatoms. The Hall–Kier alpha value is -1.31. The molecule has 0 saturated heterocycles. The molecule has 0 saturated carbocycles. The van der Waals surface area contributed by atoms with Crippen LogP contribution in [0.15, 0.2) is 24.3 Å². The molecule has 0 radical (unpaired) electrons. The molecule has 1 aromatic carbocycles. The van der Waals surface area contributed by atoms with Gasteiger partial charge in [-0.2, -0.15) is 8.42 Å². The summed E-state index contributed by atoms with van der Waals surface area (Å²) in [7, 11) is -1.94. The Labute approximate surface area is 142 Å². The fourth-order valence-electron chi connectivity index (χ4n) is 1.96. The summed E-state index contributed by atoms with van der Waals surface area (Å²) in [5.74, 6) is 0.0819. The first-order valence-electron chi connectivity index (χ1n) is 7.13. The number of rotatable bonds is 9. The summed E-state index contributed by atoms with van der Waals surface area (Å²) in [6.07, 6.45) is 1.69. The van der Waals surface area contributed by atoms with Crippen molar-refractivity contribution in [2.45, 2.75) is 25.3 Å². The Bertz CT molecular complexity index is 601. The number of nitrogens with zero attached hydrogens (tertiary/aromatic N) is 1. The smallest absolute Gasteiger partial charge is 0.306 e. The summed E-state index contributed by atoms with van der Waals surface area (Å²) in [5.41, 5.74) is 0.855. The number of benzene rings is 1. The van der Waals surface area contributed by atoms with E-state index in [4.69, 9.17) is 20.5 Å². The highest BCUT2D eigenvalue weighted by atomic mass is 35.5. The molecule has 1 aromatic rings. The molecule has 130 valence electrons. The molecule has 0 heterocycles. The Morgan fingerprint density at radius 2 is 1.91 bits per heavy atom. The molecule has 0 bridgehead atoms. The average Bonchev–Trinajstić information content (AvgIpc) is 2.46. The molecule has 0 aliphatic carbocycles. The number of carbonyl (C=O) groups is 1. The summed E-state index contributed by atoms with van der Waals surface area (Å²) in [6.45, 7) is 3.11. The monoisotopic (exact) mass is 363 g/mol. The minimum atomic E-state index is -3.55. The van der Waals surface area contributed by atoms with Gasteiger partial charge in [0.05, 0.1) is 6.26 Å². The van der Waals surface area contributed by atoms with Crippen molar-refractivity contribution < 1.29 is 22.1 Å². The molecule has 1 unspecified atom stereocenters. The van der Waals surface area contributed by atoms with Crippen molar-refractivity contribution in [2.75, 3.05) is 26.5 Å². The molecular weight excluding hydrogens is 342 g/mol. The van der Waals surface area contributed by atoms with Crippen LogP contribution in [0, 0.1) is 0 Å². The number of amides is 1. The molecule has 0 fully saturated rings. The van der Waals surface area contributed by atoms with E-state index >= 15 is 0 Å². The van der Waals surface area contributed by atoms with Crippen LogP contribution >= 0.6 is 11.6 Å². The van der Waals surface area contributed by atoms with Crippen LogP contribution in [0.4, 0.5) is 0 Å². The van der Waals surface area contributed by atoms with E-state index in [1.807, 2.05) is 0 Å². The molecule has 1 amide bonds. The zero-order chi connectivity index (χ0) is 17.5. The molecule has 0 aliphatic rings. The van der Waals surface area contributed by atoms with Crippen molar-refractivity contribution in [2.24, 2.45) is 0 Å². The van der Waals surface area contributed by atoms with Gasteiger partial charge in [-0.3, -0.25) is 4.79 Å². The lowest BCUT2D eigenvalue weighted by molar-refractivity contribution is -0.131. The number of methoxy groups -OCH3 is 1. The van der Waals surface area contributed by atoms with Crippen LogP contribution in [0.2, 0.25) is 0 Å². The number of alkyl halides is 1. The van der Waals surface area contributed by atoms with Gasteiger partial charge in [-0.1, -0.05) is 12.1 Å². The second-order valence-electron chi connectivity index (χ2n) is 5.15. The number of ether oxygens (including phenoxy) is 1. The SMILES string of the molecule is COCCCN(Cc1ccc(OS(C)(=O)=O)cc1)C(=O)C(C)Cl. The Kier molecular flexibility index (Phi) is 7.81. The highest BCUT2D eigenvalue weighted by Crippen LogP contribution is 2.16. The predicted octanol–water partition coefficient (Wildman–Crippen LogP) is 2.02. The molecule has 0 spiro atoms. The summed E-state index contributed by atoms with van der Waals surface area (Å²) in [5, 5.41) is -0.606. The van der Waals surface area contributed by atoms with E-state index in [1.165, 1.54) is 0 Å². The average molecular weight is 364 g/mol. The molecule has 0 N–H and O–H groups in total. The molecule has 0 aromatic heterocycles. The highest BCUT2D eigenvalue weighted by Gasteiger charge is 2.18. The molecule has 6 nitrogen and oxygen atoms in total. The van der Waals surface area contributed by atoms with Crippen LogP contribution in [0.5, 0.6) is 5.75 Å². The minimum absolute atomic E-state index is 0.153. The zero-order valence-electron chi connectivity index (χ0n) is 13.5. The van der Waals surface area contributed by atoms with Gasteiger partial charge in [0, 0.05) is 26.8 Å².